The van der Waals surface area contributed by atoms with Crippen molar-refractivity contribution in [1.82, 2.24) is 4.90 Å². The molecule has 2 aromatic rings. The topological polar surface area (TPSA) is 49.4 Å². The van der Waals surface area contributed by atoms with Crippen molar-refractivity contribution in [1.29, 1.82) is 0 Å². The Labute approximate surface area is 155 Å². The highest BCUT2D eigenvalue weighted by molar-refractivity contribution is 6.36. The maximum Gasteiger partial charge on any atom is 0.254 e. The molecular formula is C18H17Cl2FN2O2. The highest BCUT2D eigenvalue weighted by Crippen LogP contribution is 2.25. The van der Waals surface area contributed by atoms with E-state index in [0.29, 0.717) is 28.7 Å². The van der Waals surface area contributed by atoms with Gasteiger partial charge in [-0.3, -0.25) is 9.59 Å². The summed E-state index contributed by atoms with van der Waals surface area (Å²) in [5, 5.41) is 3.41. The van der Waals surface area contributed by atoms with E-state index in [0.717, 1.165) is 6.07 Å². The molecule has 0 aliphatic heterocycles. The van der Waals surface area contributed by atoms with Gasteiger partial charge in [-0.2, -0.15) is 0 Å². The average Bonchev–Trinajstić information content (AvgIpc) is 2.56. The number of nitrogens with zero attached hydrogens (tertiary/aromatic N) is 1. The smallest absolute Gasteiger partial charge is 0.254 e. The van der Waals surface area contributed by atoms with Gasteiger partial charge in [0.2, 0.25) is 5.91 Å². The minimum atomic E-state index is -0.500. The van der Waals surface area contributed by atoms with Crippen LogP contribution in [0.25, 0.3) is 0 Å². The molecule has 2 rings (SSSR count). The molecule has 0 bridgehead atoms. The monoisotopic (exact) mass is 382 g/mol. The van der Waals surface area contributed by atoms with Crippen LogP contribution in [0.4, 0.5) is 10.1 Å². The van der Waals surface area contributed by atoms with Gasteiger partial charge in [-0.1, -0.05) is 36.2 Å². The van der Waals surface area contributed by atoms with Crippen molar-refractivity contribution in [2.45, 2.75) is 13.3 Å². The molecule has 0 fully saturated rings. The molecular weight excluding hydrogens is 366 g/mol. The second-order valence-electron chi connectivity index (χ2n) is 5.41. The van der Waals surface area contributed by atoms with Crippen LogP contribution in [-0.4, -0.2) is 29.8 Å². The van der Waals surface area contributed by atoms with Gasteiger partial charge in [-0.15, -0.1) is 0 Å². The highest BCUT2D eigenvalue weighted by atomic mass is 35.5. The van der Waals surface area contributed by atoms with E-state index in [1.807, 2.05) is 6.92 Å². The summed E-state index contributed by atoms with van der Waals surface area (Å²) < 4.78 is 13.3. The molecule has 0 radical (unpaired) electrons. The number of carbonyl (C=O) groups is 2. The zero-order valence-electron chi connectivity index (χ0n) is 13.6. The van der Waals surface area contributed by atoms with Gasteiger partial charge in [0.05, 0.1) is 10.7 Å². The zero-order valence-corrected chi connectivity index (χ0v) is 15.1. The molecule has 25 heavy (non-hydrogen) atoms. The van der Waals surface area contributed by atoms with Crippen LogP contribution in [0.3, 0.4) is 0 Å². The fourth-order valence-corrected chi connectivity index (χ4v) is 2.74. The Morgan fingerprint density at radius 1 is 1.16 bits per heavy atom. The van der Waals surface area contributed by atoms with E-state index in [9.17, 15) is 14.0 Å². The van der Waals surface area contributed by atoms with Gasteiger partial charge in [0.15, 0.2) is 0 Å². The van der Waals surface area contributed by atoms with E-state index in [2.05, 4.69) is 5.32 Å². The molecule has 2 aromatic carbocycles. The second-order valence-corrected chi connectivity index (χ2v) is 6.25. The van der Waals surface area contributed by atoms with Crippen molar-refractivity contribution in [3.63, 3.8) is 0 Å². The van der Waals surface area contributed by atoms with Gasteiger partial charge >= 0.3 is 0 Å². The molecule has 132 valence electrons. The number of halogens is 3. The Hall–Kier alpha value is -2.11. The first-order valence-electron chi connectivity index (χ1n) is 7.70. The quantitative estimate of drug-likeness (QED) is 0.791. The van der Waals surface area contributed by atoms with Crippen molar-refractivity contribution in [3.05, 3.63) is 63.9 Å². The van der Waals surface area contributed by atoms with Crippen molar-refractivity contribution in [2.24, 2.45) is 0 Å². The zero-order chi connectivity index (χ0) is 18.4. The van der Waals surface area contributed by atoms with E-state index < -0.39 is 17.6 Å². The summed E-state index contributed by atoms with van der Waals surface area (Å²) in [4.78, 5) is 26.2. The number of nitrogens with one attached hydrogen (secondary N) is 1. The molecule has 0 spiro atoms. The largest absolute Gasteiger partial charge is 0.329 e. The summed E-state index contributed by atoms with van der Waals surface area (Å²) in [6, 6.07) is 10.1. The van der Waals surface area contributed by atoms with Crippen molar-refractivity contribution in [2.75, 3.05) is 18.4 Å². The summed E-state index contributed by atoms with van der Waals surface area (Å²) in [7, 11) is 0. The molecule has 4 nitrogen and oxygen atoms in total. The van der Waals surface area contributed by atoms with E-state index in [4.69, 9.17) is 23.2 Å². The highest BCUT2D eigenvalue weighted by Gasteiger charge is 2.19. The third kappa shape index (κ3) is 5.44. The van der Waals surface area contributed by atoms with Gasteiger partial charge in [0.1, 0.15) is 12.4 Å². The van der Waals surface area contributed by atoms with Crippen LogP contribution in [-0.2, 0) is 4.79 Å². The molecule has 0 unspecified atom stereocenters. The Morgan fingerprint density at radius 3 is 2.56 bits per heavy atom. The molecule has 0 saturated heterocycles. The molecule has 0 aromatic heterocycles. The summed E-state index contributed by atoms with van der Waals surface area (Å²) in [5.74, 6) is -1.30. The molecule has 0 aliphatic rings. The Morgan fingerprint density at radius 2 is 1.92 bits per heavy atom. The fourth-order valence-electron chi connectivity index (χ4n) is 2.28. The lowest BCUT2D eigenvalue weighted by atomic mass is 10.2. The maximum atomic E-state index is 13.3. The molecule has 0 saturated carbocycles. The predicted octanol–water partition coefficient (Wildman–Crippen LogP) is 4.62. The standard InChI is InChI=1S/C18H17Cl2FN2O2/c1-2-8-23(18(25)12-4-3-5-14(21)9-12)11-17(24)22-16-7-6-13(19)10-15(16)20/h3-7,9-10H,2,8,11H2,1H3,(H,22,24). The van der Waals surface area contributed by atoms with Gasteiger partial charge in [-0.05, 0) is 42.8 Å². The third-order valence-corrected chi connectivity index (χ3v) is 3.94. The normalized spacial score (nSPS) is 10.4. The fraction of sp³-hybridized carbons (Fsp3) is 0.222. The van der Waals surface area contributed by atoms with Crippen LogP contribution in [0.2, 0.25) is 10.0 Å². The van der Waals surface area contributed by atoms with Crippen molar-refractivity contribution in [3.8, 4) is 0 Å². The number of amides is 2. The first kappa shape index (κ1) is 19.2. The first-order chi connectivity index (χ1) is 11.9. The first-order valence-corrected chi connectivity index (χ1v) is 8.46. The van der Waals surface area contributed by atoms with Crippen molar-refractivity contribution < 1.29 is 14.0 Å². The molecule has 1 N–H and O–H groups in total. The van der Waals surface area contributed by atoms with Gasteiger partial charge in [0, 0.05) is 17.1 Å². The van der Waals surface area contributed by atoms with E-state index in [1.54, 1.807) is 12.1 Å². The molecule has 2 amide bonds. The van der Waals surface area contributed by atoms with Crippen LogP contribution in [0, 0.1) is 5.82 Å². The maximum absolute atomic E-state index is 13.3. The number of hydrogen-bond donors (Lipinski definition) is 1. The predicted molar refractivity (Wildman–Crippen MR) is 97.7 cm³/mol. The number of hydrogen-bond acceptors (Lipinski definition) is 2. The average molecular weight is 383 g/mol. The summed E-state index contributed by atoms with van der Waals surface area (Å²) in [6.45, 7) is 2.10. The van der Waals surface area contributed by atoms with E-state index in [1.165, 1.54) is 29.2 Å². The SMILES string of the molecule is CCCN(CC(=O)Nc1ccc(Cl)cc1Cl)C(=O)c1cccc(F)c1. The van der Waals surface area contributed by atoms with Crippen LogP contribution >= 0.6 is 23.2 Å². The molecule has 7 heteroatoms. The molecule has 0 aliphatic carbocycles. The lowest BCUT2D eigenvalue weighted by Gasteiger charge is -2.22. The number of anilines is 1. The minimum Gasteiger partial charge on any atom is -0.329 e. The number of rotatable bonds is 6. The summed E-state index contributed by atoms with van der Waals surface area (Å²) in [6.07, 6.45) is 0.663. The Bertz CT molecular complexity index is 783. The third-order valence-electron chi connectivity index (χ3n) is 3.39. The van der Waals surface area contributed by atoms with Crippen LogP contribution in [0.15, 0.2) is 42.5 Å². The van der Waals surface area contributed by atoms with E-state index >= 15 is 0 Å². The number of benzene rings is 2. The molecule has 0 heterocycles. The molecule has 0 atom stereocenters. The summed E-state index contributed by atoms with van der Waals surface area (Å²) >= 11 is 11.8. The van der Waals surface area contributed by atoms with Crippen molar-refractivity contribution >= 4 is 40.7 Å². The van der Waals surface area contributed by atoms with Crippen LogP contribution < -0.4 is 5.32 Å². The number of carbonyl (C=O) groups excluding carboxylic acids is 2. The summed E-state index contributed by atoms with van der Waals surface area (Å²) in [5.41, 5.74) is 0.608. The Kier molecular flexibility index (Phi) is 6.79. The minimum absolute atomic E-state index is 0.165. The van der Waals surface area contributed by atoms with Gasteiger partial charge in [-0.25, -0.2) is 4.39 Å². The lowest BCUT2D eigenvalue weighted by Crippen LogP contribution is -2.38. The van der Waals surface area contributed by atoms with Crippen LogP contribution in [0.5, 0.6) is 0 Å². The van der Waals surface area contributed by atoms with Gasteiger partial charge in [0.25, 0.3) is 5.91 Å². The Balaban J connectivity index is 2.09. The van der Waals surface area contributed by atoms with Gasteiger partial charge < -0.3 is 10.2 Å². The second kappa shape index (κ2) is 8.83. The lowest BCUT2D eigenvalue weighted by molar-refractivity contribution is -0.116. The van der Waals surface area contributed by atoms with Crippen LogP contribution in [0.1, 0.15) is 23.7 Å². The van der Waals surface area contributed by atoms with E-state index in [-0.39, 0.29) is 12.1 Å².